The van der Waals surface area contributed by atoms with Gasteiger partial charge in [0.25, 0.3) is 0 Å². The molecule has 1 fully saturated rings. The molecule has 19 heavy (non-hydrogen) atoms. The van der Waals surface area contributed by atoms with Gasteiger partial charge in [-0.05, 0) is 31.5 Å². The minimum absolute atomic E-state index is 0.00463. The number of hydrogen-bond acceptors (Lipinski definition) is 3. The Balaban J connectivity index is 1.93. The second-order valence-electron chi connectivity index (χ2n) is 4.66. The molecule has 4 nitrogen and oxygen atoms in total. The van der Waals surface area contributed by atoms with E-state index < -0.39 is 11.6 Å². The number of anilines is 1. The van der Waals surface area contributed by atoms with E-state index in [4.69, 9.17) is 5.11 Å². The standard InChI is InChI=1S/C13H16F2N2O2/c14-9-4-10(15)6-11(5-9)16-13(19)7-17-3-1-2-12(17)8-18/h4-6,12,18H,1-3,7-8H2,(H,16,19). The normalized spacial score (nSPS) is 19.6. The largest absolute Gasteiger partial charge is 0.395 e. The van der Waals surface area contributed by atoms with Crippen molar-refractivity contribution in [3.05, 3.63) is 29.8 Å². The zero-order valence-corrected chi connectivity index (χ0v) is 10.4. The molecule has 1 aromatic rings. The summed E-state index contributed by atoms with van der Waals surface area (Å²) in [6.07, 6.45) is 1.80. The fourth-order valence-corrected chi connectivity index (χ4v) is 2.32. The van der Waals surface area contributed by atoms with Gasteiger partial charge in [-0.2, -0.15) is 0 Å². The first-order chi connectivity index (χ1) is 9.08. The van der Waals surface area contributed by atoms with Crippen LogP contribution in [0.1, 0.15) is 12.8 Å². The number of likely N-dealkylation sites (tertiary alicyclic amines) is 1. The van der Waals surface area contributed by atoms with Gasteiger partial charge in [-0.3, -0.25) is 9.69 Å². The summed E-state index contributed by atoms with van der Waals surface area (Å²) in [5, 5.41) is 11.6. The number of carbonyl (C=O) groups excluding carboxylic acids is 1. The number of amides is 1. The van der Waals surface area contributed by atoms with Crippen LogP contribution in [-0.2, 0) is 4.79 Å². The lowest BCUT2D eigenvalue weighted by molar-refractivity contribution is -0.117. The van der Waals surface area contributed by atoms with E-state index in [1.807, 2.05) is 4.90 Å². The van der Waals surface area contributed by atoms with Gasteiger partial charge in [-0.1, -0.05) is 0 Å². The number of hydrogen-bond donors (Lipinski definition) is 2. The molecule has 0 bridgehead atoms. The van der Waals surface area contributed by atoms with E-state index in [9.17, 15) is 13.6 Å². The van der Waals surface area contributed by atoms with E-state index >= 15 is 0 Å². The second-order valence-corrected chi connectivity index (χ2v) is 4.66. The Labute approximate surface area is 110 Å². The quantitative estimate of drug-likeness (QED) is 0.868. The van der Waals surface area contributed by atoms with Crippen molar-refractivity contribution in [2.24, 2.45) is 0 Å². The van der Waals surface area contributed by atoms with E-state index in [0.717, 1.165) is 37.6 Å². The molecular weight excluding hydrogens is 254 g/mol. The van der Waals surface area contributed by atoms with Crippen LogP contribution >= 0.6 is 0 Å². The van der Waals surface area contributed by atoms with Crippen molar-refractivity contribution in [2.75, 3.05) is 25.0 Å². The predicted octanol–water partition coefficient (Wildman–Crippen LogP) is 1.36. The summed E-state index contributed by atoms with van der Waals surface area (Å²) in [6.45, 7) is 0.876. The van der Waals surface area contributed by atoms with Crippen molar-refractivity contribution < 1.29 is 18.7 Å². The zero-order valence-electron chi connectivity index (χ0n) is 10.4. The summed E-state index contributed by atoms with van der Waals surface area (Å²) in [6, 6.07) is 2.87. The van der Waals surface area contributed by atoms with Crippen LogP contribution < -0.4 is 5.32 Å². The molecule has 104 valence electrons. The summed E-state index contributed by atoms with van der Waals surface area (Å²) < 4.78 is 25.9. The van der Waals surface area contributed by atoms with Gasteiger partial charge < -0.3 is 10.4 Å². The lowest BCUT2D eigenvalue weighted by Gasteiger charge is -2.21. The Morgan fingerprint density at radius 2 is 2.05 bits per heavy atom. The Morgan fingerprint density at radius 3 is 2.68 bits per heavy atom. The van der Waals surface area contributed by atoms with Gasteiger partial charge >= 0.3 is 0 Å². The SMILES string of the molecule is O=C(CN1CCCC1CO)Nc1cc(F)cc(F)c1. The average molecular weight is 270 g/mol. The van der Waals surface area contributed by atoms with Crippen molar-refractivity contribution in [1.82, 2.24) is 4.90 Å². The van der Waals surface area contributed by atoms with Gasteiger partial charge in [0.1, 0.15) is 11.6 Å². The number of aliphatic hydroxyl groups is 1. The van der Waals surface area contributed by atoms with Gasteiger partial charge in [0, 0.05) is 17.8 Å². The predicted molar refractivity (Wildman–Crippen MR) is 66.7 cm³/mol. The summed E-state index contributed by atoms with van der Waals surface area (Å²) in [7, 11) is 0. The molecule has 0 radical (unpaired) electrons. The molecule has 1 aliphatic rings. The maximum Gasteiger partial charge on any atom is 0.238 e. The van der Waals surface area contributed by atoms with Crippen LogP contribution in [0.2, 0.25) is 0 Å². The molecule has 0 aliphatic carbocycles. The maximum absolute atomic E-state index is 13.0. The summed E-state index contributed by atoms with van der Waals surface area (Å²) >= 11 is 0. The third-order valence-electron chi connectivity index (χ3n) is 3.20. The number of halogens is 2. The molecule has 1 aliphatic heterocycles. The van der Waals surface area contributed by atoms with Crippen molar-refractivity contribution in [2.45, 2.75) is 18.9 Å². The lowest BCUT2D eigenvalue weighted by Crippen LogP contribution is -2.38. The third kappa shape index (κ3) is 3.71. The Hall–Kier alpha value is -1.53. The van der Waals surface area contributed by atoms with E-state index in [1.165, 1.54) is 0 Å². The molecular formula is C13H16F2N2O2. The van der Waals surface area contributed by atoms with Crippen molar-refractivity contribution in [3.8, 4) is 0 Å². The Morgan fingerprint density at radius 1 is 1.37 bits per heavy atom. The maximum atomic E-state index is 13.0. The number of benzene rings is 1. The van der Waals surface area contributed by atoms with Crippen molar-refractivity contribution in [1.29, 1.82) is 0 Å². The first-order valence-corrected chi connectivity index (χ1v) is 6.19. The highest BCUT2D eigenvalue weighted by Crippen LogP contribution is 2.17. The van der Waals surface area contributed by atoms with Gasteiger partial charge in [0.2, 0.25) is 5.91 Å². The third-order valence-corrected chi connectivity index (χ3v) is 3.20. The molecule has 0 aromatic heterocycles. The first-order valence-electron chi connectivity index (χ1n) is 6.19. The number of carbonyl (C=O) groups is 1. The Bertz CT molecular complexity index is 448. The summed E-state index contributed by atoms with van der Waals surface area (Å²) in [5.41, 5.74) is 0.0993. The number of nitrogens with zero attached hydrogens (tertiary/aromatic N) is 1. The zero-order chi connectivity index (χ0) is 13.8. The molecule has 6 heteroatoms. The second kappa shape index (κ2) is 6.08. The highest BCUT2D eigenvalue weighted by molar-refractivity contribution is 5.92. The van der Waals surface area contributed by atoms with Gasteiger partial charge in [0.05, 0.1) is 13.2 Å². The number of rotatable bonds is 4. The molecule has 1 saturated heterocycles. The molecule has 2 N–H and O–H groups in total. The van der Waals surface area contributed by atoms with Crippen LogP contribution in [0.5, 0.6) is 0 Å². The van der Waals surface area contributed by atoms with Gasteiger partial charge in [-0.15, -0.1) is 0 Å². The van der Waals surface area contributed by atoms with E-state index in [-0.39, 0.29) is 30.8 Å². The highest BCUT2D eigenvalue weighted by atomic mass is 19.1. The fourth-order valence-electron chi connectivity index (χ4n) is 2.32. The van der Waals surface area contributed by atoms with E-state index in [2.05, 4.69) is 5.32 Å². The smallest absolute Gasteiger partial charge is 0.238 e. The van der Waals surface area contributed by atoms with Crippen LogP contribution in [0.3, 0.4) is 0 Å². The highest BCUT2D eigenvalue weighted by Gasteiger charge is 2.25. The molecule has 2 rings (SSSR count). The molecule has 1 aromatic carbocycles. The Kier molecular flexibility index (Phi) is 4.44. The number of aliphatic hydroxyl groups excluding tert-OH is 1. The minimum atomic E-state index is -0.732. The van der Waals surface area contributed by atoms with Crippen LogP contribution in [0.25, 0.3) is 0 Å². The molecule has 0 saturated carbocycles. The molecule has 1 atom stereocenters. The number of nitrogens with one attached hydrogen (secondary N) is 1. The van der Waals surface area contributed by atoms with Crippen LogP contribution in [0.4, 0.5) is 14.5 Å². The molecule has 0 spiro atoms. The van der Waals surface area contributed by atoms with E-state index in [0.29, 0.717) is 0 Å². The van der Waals surface area contributed by atoms with Crippen molar-refractivity contribution in [3.63, 3.8) is 0 Å². The lowest BCUT2D eigenvalue weighted by atomic mass is 10.2. The summed E-state index contributed by atoms with van der Waals surface area (Å²) in [4.78, 5) is 13.6. The fraction of sp³-hybridized carbons (Fsp3) is 0.462. The van der Waals surface area contributed by atoms with Crippen molar-refractivity contribution >= 4 is 11.6 Å². The van der Waals surface area contributed by atoms with E-state index in [1.54, 1.807) is 0 Å². The summed E-state index contributed by atoms with van der Waals surface area (Å²) in [5.74, 6) is -1.81. The monoisotopic (exact) mass is 270 g/mol. The molecule has 1 heterocycles. The van der Waals surface area contributed by atoms with Gasteiger partial charge in [0.15, 0.2) is 0 Å². The van der Waals surface area contributed by atoms with Crippen LogP contribution in [0, 0.1) is 11.6 Å². The average Bonchev–Trinajstić information content (AvgIpc) is 2.74. The van der Waals surface area contributed by atoms with Crippen LogP contribution in [0.15, 0.2) is 18.2 Å². The topological polar surface area (TPSA) is 52.6 Å². The molecule has 1 amide bonds. The van der Waals surface area contributed by atoms with Gasteiger partial charge in [-0.25, -0.2) is 8.78 Å². The molecule has 1 unspecified atom stereocenters. The van der Waals surface area contributed by atoms with Crippen LogP contribution in [-0.4, -0.2) is 41.7 Å². The minimum Gasteiger partial charge on any atom is -0.395 e. The first kappa shape index (κ1) is 13.9.